The van der Waals surface area contributed by atoms with Crippen LogP contribution in [-0.2, 0) is 16.1 Å². The van der Waals surface area contributed by atoms with E-state index in [1.807, 2.05) is 36.4 Å². The number of aromatic nitrogens is 1. The average Bonchev–Trinajstić information content (AvgIpc) is 2.72. The number of benzene rings is 1. The standard InChI is InChI=1S/C20H23IN4O3/c21-16-3-5-17(6-4-16)28-13-18(26)24-12-15-2-1-9-23-20(15)25-10-7-14(8-11-25)19(22)27/h1-6,9,14H,7-8,10-13H2,(H2,22,27)(H,24,26). The van der Waals surface area contributed by atoms with E-state index in [2.05, 4.69) is 37.8 Å². The van der Waals surface area contributed by atoms with E-state index in [4.69, 9.17) is 10.5 Å². The van der Waals surface area contributed by atoms with Gasteiger partial charge in [-0.05, 0) is 65.8 Å². The number of primary amides is 1. The van der Waals surface area contributed by atoms with E-state index in [0.29, 0.717) is 12.3 Å². The van der Waals surface area contributed by atoms with Crippen molar-refractivity contribution in [3.8, 4) is 5.75 Å². The minimum absolute atomic E-state index is 0.0415. The molecule has 0 spiro atoms. The molecule has 1 fully saturated rings. The highest BCUT2D eigenvalue weighted by atomic mass is 127. The first-order valence-electron chi connectivity index (χ1n) is 9.16. The van der Waals surface area contributed by atoms with E-state index in [1.54, 1.807) is 6.20 Å². The fourth-order valence-corrected chi connectivity index (χ4v) is 3.51. The summed E-state index contributed by atoms with van der Waals surface area (Å²) in [6.45, 7) is 1.77. The van der Waals surface area contributed by atoms with Gasteiger partial charge in [0.1, 0.15) is 11.6 Å². The summed E-state index contributed by atoms with van der Waals surface area (Å²) in [5, 5.41) is 2.88. The minimum atomic E-state index is -0.235. The summed E-state index contributed by atoms with van der Waals surface area (Å²) in [7, 11) is 0. The molecule has 3 rings (SSSR count). The first kappa shape index (κ1) is 20.4. The molecule has 0 saturated carbocycles. The van der Waals surface area contributed by atoms with E-state index in [1.165, 1.54) is 0 Å². The van der Waals surface area contributed by atoms with Gasteiger partial charge >= 0.3 is 0 Å². The zero-order valence-corrected chi connectivity index (χ0v) is 17.6. The van der Waals surface area contributed by atoms with Gasteiger partial charge < -0.3 is 20.7 Å². The summed E-state index contributed by atoms with van der Waals surface area (Å²) in [6, 6.07) is 11.3. The predicted molar refractivity (Wildman–Crippen MR) is 115 cm³/mol. The number of carbonyl (C=O) groups is 2. The highest BCUT2D eigenvalue weighted by molar-refractivity contribution is 14.1. The third kappa shape index (κ3) is 5.57. The van der Waals surface area contributed by atoms with Gasteiger partial charge in [0.15, 0.2) is 6.61 Å². The van der Waals surface area contributed by atoms with Gasteiger partial charge in [-0.25, -0.2) is 4.98 Å². The average molecular weight is 494 g/mol. The molecule has 28 heavy (non-hydrogen) atoms. The summed E-state index contributed by atoms with van der Waals surface area (Å²) in [4.78, 5) is 30.1. The largest absolute Gasteiger partial charge is 0.484 e. The summed E-state index contributed by atoms with van der Waals surface area (Å²) >= 11 is 2.22. The third-order valence-corrected chi connectivity index (χ3v) is 5.44. The second kappa shape index (κ2) is 9.72. The third-order valence-electron chi connectivity index (χ3n) is 4.72. The van der Waals surface area contributed by atoms with Crippen molar-refractivity contribution in [1.82, 2.24) is 10.3 Å². The zero-order chi connectivity index (χ0) is 19.9. The van der Waals surface area contributed by atoms with Crippen molar-refractivity contribution in [3.63, 3.8) is 0 Å². The van der Waals surface area contributed by atoms with Gasteiger partial charge in [0.2, 0.25) is 5.91 Å². The van der Waals surface area contributed by atoms with Gasteiger partial charge in [0, 0.05) is 40.9 Å². The Bertz CT molecular complexity index is 820. The first-order valence-corrected chi connectivity index (χ1v) is 10.2. The summed E-state index contributed by atoms with van der Waals surface area (Å²) in [5.41, 5.74) is 6.34. The van der Waals surface area contributed by atoms with Crippen LogP contribution in [0.25, 0.3) is 0 Å². The van der Waals surface area contributed by atoms with Gasteiger partial charge in [-0.1, -0.05) is 6.07 Å². The van der Waals surface area contributed by atoms with Crippen LogP contribution in [0.1, 0.15) is 18.4 Å². The fraction of sp³-hybridized carbons (Fsp3) is 0.350. The van der Waals surface area contributed by atoms with E-state index < -0.39 is 0 Å². The van der Waals surface area contributed by atoms with Crippen molar-refractivity contribution in [2.45, 2.75) is 19.4 Å². The molecule has 8 heteroatoms. The number of ether oxygens (including phenoxy) is 1. The maximum atomic E-state index is 12.1. The quantitative estimate of drug-likeness (QED) is 0.575. The number of anilines is 1. The van der Waals surface area contributed by atoms with Crippen LogP contribution in [0.4, 0.5) is 5.82 Å². The first-order chi connectivity index (χ1) is 13.5. The highest BCUT2D eigenvalue weighted by Gasteiger charge is 2.25. The van der Waals surface area contributed by atoms with Crippen molar-refractivity contribution >= 4 is 40.2 Å². The monoisotopic (exact) mass is 494 g/mol. The van der Waals surface area contributed by atoms with Gasteiger partial charge in [-0.2, -0.15) is 0 Å². The Morgan fingerprint density at radius 2 is 1.93 bits per heavy atom. The Morgan fingerprint density at radius 1 is 1.21 bits per heavy atom. The summed E-state index contributed by atoms with van der Waals surface area (Å²) < 4.78 is 6.62. The number of hydrogen-bond donors (Lipinski definition) is 2. The van der Waals surface area contributed by atoms with Crippen molar-refractivity contribution in [2.24, 2.45) is 11.7 Å². The van der Waals surface area contributed by atoms with Gasteiger partial charge in [0.25, 0.3) is 5.91 Å². The number of nitrogens with zero attached hydrogens (tertiary/aromatic N) is 2. The lowest BCUT2D eigenvalue weighted by Crippen LogP contribution is -2.39. The van der Waals surface area contributed by atoms with Crippen LogP contribution in [0, 0.1) is 9.49 Å². The molecule has 1 aliphatic rings. The molecule has 2 heterocycles. The molecular weight excluding hydrogens is 471 g/mol. The molecular formula is C20H23IN4O3. The molecule has 1 saturated heterocycles. The molecule has 3 N–H and O–H groups in total. The maximum Gasteiger partial charge on any atom is 0.258 e. The second-order valence-electron chi connectivity index (χ2n) is 6.67. The Labute approximate surface area is 177 Å². The minimum Gasteiger partial charge on any atom is -0.484 e. The van der Waals surface area contributed by atoms with E-state index in [-0.39, 0.29) is 24.3 Å². The molecule has 0 unspecified atom stereocenters. The molecule has 2 amide bonds. The number of pyridine rings is 1. The Kier molecular flexibility index (Phi) is 7.07. The Balaban J connectivity index is 1.52. The van der Waals surface area contributed by atoms with Crippen molar-refractivity contribution in [2.75, 3.05) is 24.6 Å². The SMILES string of the molecule is NC(=O)C1CCN(c2ncccc2CNC(=O)COc2ccc(I)cc2)CC1. The summed E-state index contributed by atoms with van der Waals surface area (Å²) in [5.74, 6) is 1.00. The molecule has 7 nitrogen and oxygen atoms in total. The fourth-order valence-electron chi connectivity index (χ4n) is 3.15. The summed E-state index contributed by atoms with van der Waals surface area (Å²) in [6.07, 6.45) is 3.18. The van der Waals surface area contributed by atoms with Crippen LogP contribution in [0.5, 0.6) is 5.75 Å². The zero-order valence-electron chi connectivity index (χ0n) is 15.4. The molecule has 1 aromatic heterocycles. The molecule has 148 valence electrons. The number of rotatable bonds is 7. The lowest BCUT2D eigenvalue weighted by atomic mass is 9.96. The van der Waals surface area contributed by atoms with Crippen LogP contribution >= 0.6 is 22.6 Å². The maximum absolute atomic E-state index is 12.1. The van der Waals surface area contributed by atoms with Crippen LogP contribution < -0.4 is 20.7 Å². The van der Waals surface area contributed by atoms with Crippen molar-refractivity contribution in [1.29, 1.82) is 0 Å². The van der Waals surface area contributed by atoms with E-state index in [0.717, 1.165) is 40.9 Å². The normalized spacial score (nSPS) is 14.5. The predicted octanol–water partition coefficient (Wildman–Crippen LogP) is 2.08. The number of carbonyl (C=O) groups excluding carboxylic acids is 2. The number of hydrogen-bond acceptors (Lipinski definition) is 5. The van der Waals surface area contributed by atoms with Gasteiger partial charge in [0.05, 0.1) is 0 Å². The van der Waals surface area contributed by atoms with Crippen LogP contribution in [-0.4, -0.2) is 36.5 Å². The number of nitrogens with one attached hydrogen (secondary N) is 1. The van der Waals surface area contributed by atoms with Crippen LogP contribution in [0.3, 0.4) is 0 Å². The topological polar surface area (TPSA) is 97.5 Å². The molecule has 0 bridgehead atoms. The number of piperidine rings is 1. The van der Waals surface area contributed by atoms with E-state index >= 15 is 0 Å². The van der Waals surface area contributed by atoms with Crippen LogP contribution in [0.15, 0.2) is 42.6 Å². The Hall–Kier alpha value is -2.36. The van der Waals surface area contributed by atoms with Gasteiger partial charge in [-0.3, -0.25) is 9.59 Å². The lowest BCUT2D eigenvalue weighted by molar-refractivity contribution is -0.123. The number of nitrogens with two attached hydrogens (primary N) is 1. The van der Waals surface area contributed by atoms with Gasteiger partial charge in [-0.15, -0.1) is 0 Å². The van der Waals surface area contributed by atoms with Crippen molar-refractivity contribution in [3.05, 3.63) is 51.7 Å². The number of halogens is 1. The smallest absolute Gasteiger partial charge is 0.258 e. The molecule has 0 atom stereocenters. The highest BCUT2D eigenvalue weighted by Crippen LogP contribution is 2.24. The molecule has 0 radical (unpaired) electrons. The van der Waals surface area contributed by atoms with Crippen LogP contribution in [0.2, 0.25) is 0 Å². The van der Waals surface area contributed by atoms with E-state index in [9.17, 15) is 9.59 Å². The molecule has 0 aliphatic carbocycles. The van der Waals surface area contributed by atoms with Crippen molar-refractivity contribution < 1.29 is 14.3 Å². The molecule has 2 aromatic rings. The Morgan fingerprint density at radius 3 is 2.61 bits per heavy atom. The second-order valence-corrected chi connectivity index (χ2v) is 7.91. The number of amides is 2. The molecule has 1 aromatic carbocycles. The molecule has 1 aliphatic heterocycles. The lowest BCUT2D eigenvalue weighted by Gasteiger charge is -2.32.